The van der Waals surface area contributed by atoms with Crippen LogP contribution in [0.3, 0.4) is 0 Å². The van der Waals surface area contributed by atoms with Gasteiger partial charge in [0.2, 0.25) is 0 Å². The van der Waals surface area contributed by atoms with E-state index in [0.717, 1.165) is 34.6 Å². The maximum Gasteiger partial charge on any atom is 0.0280 e. The minimum absolute atomic E-state index is 0.721. The van der Waals surface area contributed by atoms with Crippen molar-refractivity contribution in [3.8, 4) is 0 Å². The lowest BCUT2D eigenvalue weighted by Crippen LogP contribution is -3.14. The van der Waals surface area contributed by atoms with E-state index in [1.54, 1.807) is 6.42 Å². The predicted octanol–water partition coefficient (Wildman–Crippen LogP) is 1.74. The summed E-state index contributed by atoms with van der Waals surface area (Å²) in [6, 6.07) is 0. The third-order valence-corrected chi connectivity index (χ3v) is 7.03. The van der Waals surface area contributed by atoms with Gasteiger partial charge in [-0.3, -0.25) is 0 Å². The standard InChI is InChI=1S/C13H19N/c1-5(2)4-12-6-9-7(12)11-8(12)10(6)13(9,11)14-3/h5-11,14H,4H2,1-3H3. The Morgan fingerprint density at radius 1 is 1.00 bits per heavy atom. The molecule has 0 aromatic carbocycles. The van der Waals surface area contributed by atoms with Crippen molar-refractivity contribution in [2.45, 2.75) is 25.8 Å². The molecule has 76 valence electrons. The summed E-state index contributed by atoms with van der Waals surface area (Å²) in [6.45, 7) is 4.82. The van der Waals surface area contributed by atoms with E-state index in [-0.39, 0.29) is 0 Å². The fraction of sp³-hybridized carbons (Fsp3) is 1.00. The molecule has 0 aromatic rings. The Morgan fingerprint density at radius 3 is 1.86 bits per heavy atom. The first-order valence-corrected chi connectivity index (χ1v) is 6.40. The zero-order valence-corrected chi connectivity index (χ0v) is 9.25. The van der Waals surface area contributed by atoms with Crippen LogP contribution in [-0.2, 0) is 0 Å². The molecule has 0 spiro atoms. The highest BCUT2D eigenvalue weighted by molar-refractivity contribution is 5.58. The molecule has 0 bridgehead atoms. The molecular formula is C13H19N. The molecule has 1 N–H and O–H groups in total. The van der Waals surface area contributed by atoms with Crippen LogP contribution in [-0.4, -0.2) is 12.6 Å². The molecule has 0 aromatic heterocycles. The topological polar surface area (TPSA) is 12.0 Å². The van der Waals surface area contributed by atoms with E-state index in [2.05, 4.69) is 26.2 Å². The normalized spacial score (nSPS) is 78.0. The second-order valence-electron chi connectivity index (χ2n) is 7.05. The first-order valence-electron chi connectivity index (χ1n) is 6.40. The fourth-order valence-electron chi connectivity index (χ4n) is 7.37. The molecule has 0 unspecified atom stereocenters. The molecule has 6 rings (SSSR count). The first-order chi connectivity index (χ1) is 6.71. The zero-order valence-electron chi connectivity index (χ0n) is 9.25. The van der Waals surface area contributed by atoms with Gasteiger partial charge in [-0.05, 0) is 60.3 Å². The molecular weight excluding hydrogens is 170 g/mol. The van der Waals surface area contributed by atoms with Crippen LogP contribution in [0.5, 0.6) is 0 Å². The number of nitrogens with one attached hydrogen (secondary N) is 1. The Labute approximate surface area is 85.6 Å². The van der Waals surface area contributed by atoms with Crippen molar-refractivity contribution in [2.75, 3.05) is 7.05 Å². The third kappa shape index (κ3) is 0.311. The maximum absolute atomic E-state index is 3.66. The van der Waals surface area contributed by atoms with Gasteiger partial charge in [0.1, 0.15) is 0 Å². The van der Waals surface area contributed by atoms with Crippen LogP contribution in [0.25, 0.3) is 0 Å². The smallest absolute Gasteiger partial charge is 0.0280 e. The molecule has 6 saturated carbocycles. The van der Waals surface area contributed by atoms with Gasteiger partial charge in [0.25, 0.3) is 0 Å². The van der Waals surface area contributed by atoms with Crippen LogP contribution in [0.2, 0.25) is 0 Å². The van der Waals surface area contributed by atoms with E-state index < -0.39 is 0 Å². The van der Waals surface area contributed by atoms with Crippen molar-refractivity contribution in [1.82, 2.24) is 5.32 Å². The summed E-state index contributed by atoms with van der Waals surface area (Å²) in [4.78, 5) is 0. The van der Waals surface area contributed by atoms with E-state index in [4.69, 9.17) is 0 Å². The van der Waals surface area contributed by atoms with Gasteiger partial charge in [-0.1, -0.05) is 13.8 Å². The molecule has 1 heteroatoms. The number of hydrogen-bond donors (Lipinski definition) is 1. The van der Waals surface area contributed by atoms with Crippen molar-refractivity contribution >= 4 is 0 Å². The second-order valence-corrected chi connectivity index (χ2v) is 7.05. The number of rotatable bonds is 3. The Hall–Kier alpha value is -0.0400. The quantitative estimate of drug-likeness (QED) is 0.713. The maximum atomic E-state index is 3.66. The monoisotopic (exact) mass is 189 g/mol. The summed E-state index contributed by atoms with van der Waals surface area (Å²) in [6.07, 6.45) is 1.55. The van der Waals surface area contributed by atoms with Gasteiger partial charge in [-0.15, -0.1) is 0 Å². The summed E-state index contributed by atoms with van der Waals surface area (Å²) in [5, 5.41) is 3.66. The highest BCUT2D eigenvalue weighted by Gasteiger charge is 3.09. The summed E-state index contributed by atoms with van der Waals surface area (Å²) in [7, 11) is 2.20. The molecule has 0 radical (unpaired) electrons. The lowest BCUT2D eigenvalue weighted by atomic mass is 8.93. The van der Waals surface area contributed by atoms with Crippen LogP contribution >= 0.6 is 0 Å². The summed E-state index contributed by atoms with van der Waals surface area (Å²) in [5.41, 5.74) is 1.64. The average molecular weight is 189 g/mol. The predicted molar refractivity (Wildman–Crippen MR) is 54.6 cm³/mol. The number of hydrogen-bond acceptors (Lipinski definition) is 1. The van der Waals surface area contributed by atoms with Gasteiger partial charge in [-0.25, -0.2) is 0 Å². The third-order valence-electron chi connectivity index (χ3n) is 7.03. The van der Waals surface area contributed by atoms with Crippen LogP contribution in [0.4, 0.5) is 0 Å². The molecule has 14 heavy (non-hydrogen) atoms. The van der Waals surface area contributed by atoms with E-state index >= 15 is 0 Å². The molecule has 0 amide bonds. The molecule has 6 fully saturated rings. The van der Waals surface area contributed by atoms with Gasteiger partial charge < -0.3 is 5.32 Å². The largest absolute Gasteiger partial charge is 0.313 e. The Balaban J connectivity index is 1.51. The molecule has 0 heterocycles. The minimum Gasteiger partial charge on any atom is -0.313 e. The highest BCUT2D eigenvalue weighted by Crippen LogP contribution is 3.07. The fourth-order valence-corrected chi connectivity index (χ4v) is 7.37. The second kappa shape index (κ2) is 1.52. The lowest BCUT2D eigenvalue weighted by Gasteiger charge is -3.12. The molecule has 0 aliphatic heterocycles. The van der Waals surface area contributed by atoms with E-state index in [1.807, 2.05) is 0 Å². The van der Waals surface area contributed by atoms with Crippen molar-refractivity contribution in [2.24, 2.45) is 46.8 Å². The molecule has 0 saturated heterocycles. The van der Waals surface area contributed by atoms with Crippen molar-refractivity contribution in [3.63, 3.8) is 0 Å². The molecule has 6 aliphatic carbocycles. The van der Waals surface area contributed by atoms with Crippen LogP contribution in [0.15, 0.2) is 0 Å². The minimum atomic E-state index is 0.721. The molecule has 1 nitrogen and oxygen atoms in total. The first kappa shape index (κ1) is 7.27. The Bertz CT molecular complexity index is 303. The van der Waals surface area contributed by atoms with Gasteiger partial charge in [0, 0.05) is 5.54 Å². The van der Waals surface area contributed by atoms with Crippen molar-refractivity contribution < 1.29 is 0 Å². The Kier molecular flexibility index (Phi) is 0.788. The van der Waals surface area contributed by atoms with Crippen LogP contribution in [0.1, 0.15) is 20.3 Å². The van der Waals surface area contributed by atoms with E-state index in [9.17, 15) is 0 Å². The summed E-state index contributed by atoms with van der Waals surface area (Å²) in [5.74, 6) is 7.95. The van der Waals surface area contributed by atoms with E-state index in [1.165, 1.54) is 17.8 Å². The van der Waals surface area contributed by atoms with Gasteiger partial charge in [-0.2, -0.15) is 0 Å². The lowest BCUT2D eigenvalue weighted by molar-refractivity contribution is -0.628. The Morgan fingerprint density at radius 2 is 1.50 bits per heavy atom. The SMILES string of the molecule is CNC12C3C4C1C1C2C3C41CC(C)C. The summed E-state index contributed by atoms with van der Waals surface area (Å²) < 4.78 is 0. The van der Waals surface area contributed by atoms with Crippen molar-refractivity contribution in [3.05, 3.63) is 0 Å². The zero-order chi connectivity index (χ0) is 9.46. The highest BCUT2D eigenvalue weighted by atomic mass is 15.2. The van der Waals surface area contributed by atoms with Crippen LogP contribution < -0.4 is 5.32 Å². The van der Waals surface area contributed by atoms with Crippen LogP contribution in [0, 0.1) is 46.8 Å². The average Bonchev–Trinajstić information content (AvgIpc) is 2.18. The van der Waals surface area contributed by atoms with Crippen molar-refractivity contribution in [1.29, 1.82) is 0 Å². The van der Waals surface area contributed by atoms with E-state index in [0.29, 0.717) is 0 Å². The summed E-state index contributed by atoms with van der Waals surface area (Å²) >= 11 is 0. The van der Waals surface area contributed by atoms with Gasteiger partial charge in [0.15, 0.2) is 0 Å². The molecule has 0 atom stereocenters. The molecule has 6 aliphatic rings. The van der Waals surface area contributed by atoms with Gasteiger partial charge in [0.05, 0.1) is 0 Å². The van der Waals surface area contributed by atoms with Gasteiger partial charge >= 0.3 is 0 Å².